The number of halogens is 3. The SMILES string of the molecule is COC(=O)c1ccc2nc(Oc3ccc(-c4cccc(OCc5ccc(Cl)cc5F)n4)cc3Cl)n(C[C@@H]3CCO3)c2c1. The lowest BCUT2D eigenvalue weighted by molar-refractivity contribution is -0.0593. The van der Waals surface area contributed by atoms with Crippen molar-refractivity contribution >= 4 is 40.2 Å². The standard InChI is InChI=1S/C31H24Cl2FN3O5/c1-39-30(38)19-6-9-26-27(14-19)37(16-22-11-12-40-22)31(36-26)42-28-10-7-18(13-23(28)33)25-3-2-4-29(35-25)41-17-20-5-8-21(32)15-24(20)34/h2-10,13-15,22H,11-12,16-17H2,1H3/t22-/m0/s1. The van der Waals surface area contributed by atoms with Gasteiger partial charge in [0.1, 0.15) is 18.2 Å². The Morgan fingerprint density at radius 1 is 1.07 bits per heavy atom. The van der Waals surface area contributed by atoms with E-state index in [0.29, 0.717) is 63.2 Å². The largest absolute Gasteiger partial charge is 0.473 e. The first-order valence-electron chi connectivity index (χ1n) is 13.1. The van der Waals surface area contributed by atoms with Gasteiger partial charge in [-0.25, -0.2) is 14.2 Å². The number of nitrogens with zero attached hydrogens (tertiary/aromatic N) is 3. The minimum atomic E-state index is -0.446. The first-order chi connectivity index (χ1) is 20.4. The van der Waals surface area contributed by atoms with Gasteiger partial charge in [-0.05, 0) is 61.0 Å². The molecule has 1 aliphatic heterocycles. The number of fused-ring (bicyclic) bond motifs is 1. The number of carbonyl (C=O) groups is 1. The first-order valence-corrected chi connectivity index (χ1v) is 13.9. The Labute approximate surface area is 250 Å². The number of benzene rings is 3. The Balaban J connectivity index is 1.24. The number of ether oxygens (including phenoxy) is 4. The van der Waals surface area contributed by atoms with Gasteiger partial charge >= 0.3 is 12.0 Å². The number of hydrogen-bond donors (Lipinski definition) is 0. The molecule has 1 fully saturated rings. The third kappa shape index (κ3) is 5.90. The summed E-state index contributed by atoms with van der Waals surface area (Å²) in [7, 11) is 1.34. The van der Waals surface area contributed by atoms with E-state index in [-0.39, 0.29) is 12.7 Å². The number of esters is 1. The van der Waals surface area contributed by atoms with Crippen molar-refractivity contribution < 1.29 is 28.1 Å². The molecule has 6 rings (SSSR count). The average molecular weight is 608 g/mol. The van der Waals surface area contributed by atoms with E-state index in [1.54, 1.807) is 54.6 Å². The Bertz CT molecular complexity index is 1790. The van der Waals surface area contributed by atoms with E-state index in [9.17, 15) is 9.18 Å². The smallest absolute Gasteiger partial charge is 0.337 e. The molecule has 0 unspecified atom stereocenters. The predicted molar refractivity (Wildman–Crippen MR) is 156 cm³/mol. The molecule has 2 aromatic heterocycles. The van der Waals surface area contributed by atoms with Crippen molar-refractivity contribution in [1.29, 1.82) is 0 Å². The predicted octanol–water partition coefficient (Wildman–Crippen LogP) is 7.49. The van der Waals surface area contributed by atoms with Gasteiger partial charge in [0.15, 0.2) is 0 Å². The summed E-state index contributed by atoms with van der Waals surface area (Å²) in [5.74, 6) is -0.161. The van der Waals surface area contributed by atoms with Crippen LogP contribution in [0.2, 0.25) is 10.0 Å². The van der Waals surface area contributed by atoms with Gasteiger partial charge in [-0.3, -0.25) is 4.57 Å². The molecule has 5 aromatic rings. The fourth-order valence-corrected chi connectivity index (χ4v) is 4.90. The van der Waals surface area contributed by atoms with Crippen molar-refractivity contribution in [3.05, 3.63) is 99.8 Å². The van der Waals surface area contributed by atoms with E-state index in [1.165, 1.54) is 13.2 Å². The molecule has 0 saturated carbocycles. The highest BCUT2D eigenvalue weighted by Gasteiger charge is 2.24. The van der Waals surface area contributed by atoms with Crippen LogP contribution in [0.1, 0.15) is 22.3 Å². The lowest BCUT2D eigenvalue weighted by Gasteiger charge is -2.27. The van der Waals surface area contributed by atoms with Crippen LogP contribution in [0.4, 0.5) is 4.39 Å². The molecule has 8 nitrogen and oxygen atoms in total. The van der Waals surface area contributed by atoms with Crippen molar-refractivity contribution in [2.45, 2.75) is 25.7 Å². The summed E-state index contributed by atoms with van der Waals surface area (Å²) < 4.78 is 38.5. The van der Waals surface area contributed by atoms with E-state index < -0.39 is 11.8 Å². The van der Waals surface area contributed by atoms with Crippen molar-refractivity contribution in [3.8, 4) is 28.9 Å². The van der Waals surface area contributed by atoms with Gasteiger partial charge in [0.25, 0.3) is 0 Å². The summed E-state index contributed by atoms with van der Waals surface area (Å²) in [6.45, 7) is 1.20. The van der Waals surface area contributed by atoms with Gasteiger partial charge in [-0.1, -0.05) is 35.3 Å². The molecule has 0 bridgehead atoms. The zero-order chi connectivity index (χ0) is 29.2. The van der Waals surface area contributed by atoms with Crippen LogP contribution in [0.15, 0.2) is 72.8 Å². The molecule has 3 aromatic carbocycles. The fraction of sp³-hybridized carbons (Fsp3) is 0.194. The molecular weight excluding hydrogens is 584 g/mol. The Morgan fingerprint density at radius 3 is 2.67 bits per heavy atom. The summed E-state index contributed by atoms with van der Waals surface area (Å²) in [6, 6.07) is 20.5. The number of imidazole rings is 1. The lowest BCUT2D eigenvalue weighted by atomic mass is 10.1. The Kier molecular flexibility index (Phi) is 7.97. The zero-order valence-electron chi connectivity index (χ0n) is 22.4. The number of carbonyl (C=O) groups excluding carboxylic acids is 1. The van der Waals surface area contributed by atoms with Crippen LogP contribution < -0.4 is 9.47 Å². The van der Waals surface area contributed by atoms with Gasteiger partial charge in [-0.2, -0.15) is 4.98 Å². The zero-order valence-corrected chi connectivity index (χ0v) is 23.9. The highest BCUT2D eigenvalue weighted by molar-refractivity contribution is 6.32. The van der Waals surface area contributed by atoms with Crippen LogP contribution in [0, 0.1) is 5.82 Å². The maximum Gasteiger partial charge on any atom is 0.337 e. The Hall–Kier alpha value is -4.18. The molecule has 42 heavy (non-hydrogen) atoms. The molecule has 1 saturated heterocycles. The maximum absolute atomic E-state index is 14.1. The second kappa shape index (κ2) is 12.0. The highest BCUT2D eigenvalue weighted by atomic mass is 35.5. The minimum Gasteiger partial charge on any atom is -0.473 e. The second-order valence-corrected chi connectivity index (χ2v) is 10.5. The Morgan fingerprint density at radius 2 is 1.93 bits per heavy atom. The van der Waals surface area contributed by atoms with Gasteiger partial charge in [-0.15, -0.1) is 0 Å². The van der Waals surface area contributed by atoms with E-state index >= 15 is 0 Å². The lowest BCUT2D eigenvalue weighted by Crippen LogP contribution is -2.31. The molecule has 11 heteroatoms. The topological polar surface area (TPSA) is 84.7 Å². The van der Waals surface area contributed by atoms with Gasteiger partial charge in [0.05, 0.1) is 47.1 Å². The molecular formula is C31H24Cl2FN3O5. The molecule has 0 radical (unpaired) electrons. The molecule has 0 aliphatic carbocycles. The number of hydrogen-bond acceptors (Lipinski definition) is 7. The van der Waals surface area contributed by atoms with Crippen LogP contribution in [-0.4, -0.2) is 40.3 Å². The highest BCUT2D eigenvalue weighted by Crippen LogP contribution is 2.35. The summed E-state index contributed by atoms with van der Waals surface area (Å²) >= 11 is 12.5. The third-order valence-electron chi connectivity index (χ3n) is 6.86. The molecule has 1 aliphatic rings. The summed E-state index contributed by atoms with van der Waals surface area (Å²) in [6.07, 6.45) is 0.927. The van der Waals surface area contributed by atoms with Crippen molar-refractivity contribution in [2.75, 3.05) is 13.7 Å². The van der Waals surface area contributed by atoms with Crippen LogP contribution in [-0.2, 0) is 22.6 Å². The third-order valence-corrected chi connectivity index (χ3v) is 7.39. The summed E-state index contributed by atoms with van der Waals surface area (Å²) in [4.78, 5) is 21.3. The number of rotatable bonds is 9. The molecule has 214 valence electrons. The van der Waals surface area contributed by atoms with E-state index in [0.717, 1.165) is 17.5 Å². The van der Waals surface area contributed by atoms with Crippen LogP contribution in [0.5, 0.6) is 17.6 Å². The summed E-state index contributed by atoms with van der Waals surface area (Å²) in [5, 5.41) is 0.663. The normalized spacial score (nSPS) is 14.4. The first kappa shape index (κ1) is 28.0. The average Bonchev–Trinajstić information content (AvgIpc) is 3.31. The maximum atomic E-state index is 14.1. The van der Waals surface area contributed by atoms with Gasteiger partial charge < -0.3 is 18.9 Å². The number of methoxy groups -OCH3 is 1. The van der Waals surface area contributed by atoms with Crippen LogP contribution in [0.25, 0.3) is 22.3 Å². The fourth-order valence-electron chi connectivity index (χ4n) is 4.52. The van der Waals surface area contributed by atoms with Crippen molar-refractivity contribution in [2.24, 2.45) is 0 Å². The molecule has 0 spiro atoms. The van der Waals surface area contributed by atoms with Crippen LogP contribution >= 0.6 is 23.2 Å². The minimum absolute atomic E-state index is 0.00100. The van der Waals surface area contributed by atoms with E-state index in [1.807, 2.05) is 16.7 Å². The van der Waals surface area contributed by atoms with Gasteiger partial charge in [0.2, 0.25) is 5.88 Å². The second-order valence-electron chi connectivity index (χ2n) is 9.61. The summed E-state index contributed by atoms with van der Waals surface area (Å²) in [5.41, 5.74) is 3.50. The monoisotopic (exact) mass is 607 g/mol. The van der Waals surface area contributed by atoms with Crippen molar-refractivity contribution in [1.82, 2.24) is 14.5 Å². The van der Waals surface area contributed by atoms with Gasteiger partial charge in [0, 0.05) is 28.8 Å². The quantitative estimate of drug-likeness (QED) is 0.160. The molecule has 0 N–H and O–H groups in total. The number of pyridine rings is 1. The molecule has 3 heterocycles. The van der Waals surface area contributed by atoms with E-state index in [2.05, 4.69) is 9.97 Å². The molecule has 0 amide bonds. The van der Waals surface area contributed by atoms with Crippen molar-refractivity contribution in [3.63, 3.8) is 0 Å². The van der Waals surface area contributed by atoms with Crippen LogP contribution in [0.3, 0.4) is 0 Å². The molecule has 1 atom stereocenters. The number of aromatic nitrogens is 3. The van der Waals surface area contributed by atoms with E-state index in [4.69, 9.17) is 42.1 Å².